The molecule has 1 N–H and O–H groups in total. The van der Waals surface area contributed by atoms with Gasteiger partial charge in [-0.3, -0.25) is 0 Å². The van der Waals surface area contributed by atoms with Gasteiger partial charge in [0.05, 0.1) is 6.61 Å². The van der Waals surface area contributed by atoms with Crippen LogP contribution >= 0.6 is 0 Å². The Morgan fingerprint density at radius 2 is 1.76 bits per heavy atom. The maximum atomic E-state index is 11.3. The molecular weight excluding hydrogens is 266 g/mol. The number of anilines is 1. The molecule has 0 saturated heterocycles. The van der Waals surface area contributed by atoms with Crippen molar-refractivity contribution in [2.75, 3.05) is 25.6 Å². The van der Waals surface area contributed by atoms with Crippen molar-refractivity contribution in [3.05, 3.63) is 60.2 Å². The maximum absolute atomic E-state index is 11.3. The first-order chi connectivity index (χ1) is 10.3. The number of methoxy groups -OCH3 is 1. The second kappa shape index (κ2) is 8.07. The van der Waals surface area contributed by atoms with Crippen LogP contribution in [0.4, 0.5) is 5.69 Å². The zero-order valence-corrected chi connectivity index (χ0v) is 12.0. The Morgan fingerprint density at radius 1 is 1.05 bits per heavy atom. The minimum atomic E-state index is -0.375. The number of benzene rings is 2. The summed E-state index contributed by atoms with van der Waals surface area (Å²) >= 11 is 0. The van der Waals surface area contributed by atoms with Crippen LogP contribution in [0.1, 0.15) is 11.6 Å². The fourth-order valence-corrected chi connectivity index (χ4v) is 1.92. The van der Waals surface area contributed by atoms with Crippen LogP contribution in [0.2, 0.25) is 0 Å². The molecule has 0 unspecified atom stereocenters. The first-order valence-electron chi connectivity index (χ1n) is 6.82. The van der Waals surface area contributed by atoms with Gasteiger partial charge in [-0.2, -0.15) is 0 Å². The lowest BCUT2D eigenvalue weighted by molar-refractivity contribution is -0.108. The lowest BCUT2D eigenvalue weighted by Crippen LogP contribution is -2.12. The van der Waals surface area contributed by atoms with E-state index < -0.39 is 0 Å². The molecule has 110 valence electrons. The molecule has 0 bridgehead atoms. The zero-order valence-electron chi connectivity index (χ0n) is 12.0. The molecule has 1 atom stereocenters. The fourth-order valence-electron chi connectivity index (χ4n) is 1.92. The van der Waals surface area contributed by atoms with Crippen LogP contribution in [0.3, 0.4) is 0 Å². The summed E-state index contributed by atoms with van der Waals surface area (Å²) in [7, 11) is 1.64. The summed E-state index contributed by atoms with van der Waals surface area (Å²) in [6.07, 6.45) is 0.897. The van der Waals surface area contributed by atoms with Crippen LogP contribution in [0, 0.1) is 0 Å². The van der Waals surface area contributed by atoms with Gasteiger partial charge < -0.3 is 19.6 Å². The Hall–Kier alpha value is -2.33. The largest absolute Gasteiger partial charge is 0.491 e. The lowest BCUT2D eigenvalue weighted by atomic mass is 10.1. The molecule has 0 fully saturated rings. The van der Waals surface area contributed by atoms with Crippen molar-refractivity contribution in [3.63, 3.8) is 0 Å². The third-order valence-corrected chi connectivity index (χ3v) is 3.03. The van der Waals surface area contributed by atoms with E-state index in [2.05, 4.69) is 5.32 Å². The Balaban J connectivity index is 2.00. The number of hydrogen-bond acceptors (Lipinski definition) is 4. The van der Waals surface area contributed by atoms with Crippen molar-refractivity contribution in [2.45, 2.75) is 6.04 Å². The van der Waals surface area contributed by atoms with E-state index in [0.717, 1.165) is 23.3 Å². The highest BCUT2D eigenvalue weighted by Gasteiger charge is 2.10. The molecule has 0 aliphatic carbocycles. The van der Waals surface area contributed by atoms with E-state index in [1.165, 1.54) is 0 Å². The number of hydrogen-bond donors (Lipinski definition) is 1. The minimum absolute atomic E-state index is 0.375. The summed E-state index contributed by atoms with van der Waals surface area (Å²) < 4.78 is 10.4. The van der Waals surface area contributed by atoms with Crippen LogP contribution in [0.15, 0.2) is 54.6 Å². The van der Waals surface area contributed by atoms with Gasteiger partial charge in [0.1, 0.15) is 24.7 Å². The minimum Gasteiger partial charge on any atom is -0.491 e. The van der Waals surface area contributed by atoms with E-state index in [9.17, 15) is 4.79 Å². The van der Waals surface area contributed by atoms with Crippen LogP contribution < -0.4 is 10.1 Å². The van der Waals surface area contributed by atoms with Crippen LogP contribution in [0.5, 0.6) is 5.75 Å². The van der Waals surface area contributed by atoms with Gasteiger partial charge in [-0.05, 0) is 29.8 Å². The number of carbonyl (C=O) groups is 1. The topological polar surface area (TPSA) is 47.6 Å². The van der Waals surface area contributed by atoms with Crippen molar-refractivity contribution in [1.82, 2.24) is 0 Å². The molecule has 4 heteroatoms. The first-order valence-corrected chi connectivity index (χ1v) is 6.82. The van der Waals surface area contributed by atoms with E-state index in [-0.39, 0.29) is 6.04 Å². The van der Waals surface area contributed by atoms with Gasteiger partial charge in [0, 0.05) is 12.8 Å². The molecule has 0 radical (unpaired) electrons. The van der Waals surface area contributed by atoms with Gasteiger partial charge in [-0.25, -0.2) is 0 Å². The molecule has 0 spiro atoms. The predicted octanol–water partition coefficient (Wildman–Crippen LogP) is 3.06. The molecule has 0 heterocycles. The molecule has 2 rings (SSSR count). The zero-order chi connectivity index (χ0) is 14.9. The van der Waals surface area contributed by atoms with Crippen LogP contribution in [-0.4, -0.2) is 26.6 Å². The van der Waals surface area contributed by atoms with Gasteiger partial charge in [-0.15, -0.1) is 0 Å². The first kappa shape index (κ1) is 15.1. The highest BCUT2D eigenvalue weighted by atomic mass is 16.5. The Bertz CT molecular complexity index is 540. The van der Waals surface area contributed by atoms with Crippen molar-refractivity contribution in [2.24, 2.45) is 0 Å². The van der Waals surface area contributed by atoms with Gasteiger partial charge in [0.2, 0.25) is 0 Å². The SMILES string of the molecule is COCCOc1ccc([C@@H](C=O)Nc2ccccc2)cc1. The van der Waals surface area contributed by atoms with Crippen molar-refractivity contribution >= 4 is 12.0 Å². The summed E-state index contributed by atoms with van der Waals surface area (Å²) in [5, 5.41) is 3.19. The van der Waals surface area contributed by atoms with Crippen molar-refractivity contribution in [1.29, 1.82) is 0 Å². The van der Waals surface area contributed by atoms with Gasteiger partial charge in [-0.1, -0.05) is 30.3 Å². The fraction of sp³-hybridized carbons (Fsp3) is 0.235. The molecule has 0 saturated carbocycles. The number of carbonyl (C=O) groups excluding carboxylic acids is 1. The Labute approximate surface area is 124 Å². The van der Waals surface area contributed by atoms with Crippen LogP contribution in [0.25, 0.3) is 0 Å². The molecular formula is C17H19NO3. The summed E-state index contributed by atoms with van der Waals surface area (Å²) in [6.45, 7) is 1.06. The third kappa shape index (κ3) is 4.61. The summed E-state index contributed by atoms with van der Waals surface area (Å²) in [6, 6.07) is 16.8. The average Bonchev–Trinajstić information content (AvgIpc) is 2.55. The number of ether oxygens (including phenoxy) is 2. The van der Waals surface area contributed by atoms with Crippen LogP contribution in [-0.2, 0) is 9.53 Å². The monoisotopic (exact) mass is 285 g/mol. The number of aldehydes is 1. The van der Waals surface area contributed by atoms with E-state index in [1.54, 1.807) is 7.11 Å². The maximum Gasteiger partial charge on any atom is 0.146 e. The molecule has 2 aromatic rings. The predicted molar refractivity (Wildman–Crippen MR) is 82.7 cm³/mol. The van der Waals surface area contributed by atoms with Gasteiger partial charge in [0.25, 0.3) is 0 Å². The molecule has 4 nitrogen and oxygen atoms in total. The summed E-state index contributed by atoms with van der Waals surface area (Å²) in [5.74, 6) is 0.764. The second-order valence-corrected chi connectivity index (χ2v) is 4.53. The highest BCUT2D eigenvalue weighted by molar-refractivity contribution is 5.67. The standard InChI is InChI=1S/C17H19NO3/c1-20-11-12-21-16-9-7-14(8-10-16)17(13-19)18-15-5-3-2-4-6-15/h2-10,13,17-18H,11-12H2,1H3/t17-/m1/s1. The molecule has 0 amide bonds. The highest BCUT2D eigenvalue weighted by Crippen LogP contribution is 2.20. The quantitative estimate of drug-likeness (QED) is 0.598. The molecule has 0 aromatic heterocycles. The van der Waals surface area contributed by atoms with E-state index in [4.69, 9.17) is 9.47 Å². The van der Waals surface area contributed by atoms with Gasteiger partial charge in [0.15, 0.2) is 0 Å². The van der Waals surface area contributed by atoms with E-state index >= 15 is 0 Å². The second-order valence-electron chi connectivity index (χ2n) is 4.53. The molecule has 0 aliphatic rings. The number of rotatable bonds is 8. The van der Waals surface area contributed by atoms with Crippen molar-refractivity contribution in [3.8, 4) is 5.75 Å². The average molecular weight is 285 g/mol. The third-order valence-electron chi connectivity index (χ3n) is 3.03. The molecule has 2 aromatic carbocycles. The number of nitrogens with one attached hydrogen (secondary N) is 1. The van der Waals surface area contributed by atoms with Crippen molar-refractivity contribution < 1.29 is 14.3 Å². The number of para-hydroxylation sites is 1. The normalized spacial score (nSPS) is 11.7. The van der Waals surface area contributed by atoms with E-state index in [0.29, 0.717) is 13.2 Å². The van der Waals surface area contributed by atoms with Gasteiger partial charge >= 0.3 is 0 Å². The van der Waals surface area contributed by atoms with E-state index in [1.807, 2.05) is 54.6 Å². The summed E-state index contributed by atoms with van der Waals surface area (Å²) in [5.41, 5.74) is 1.81. The molecule has 21 heavy (non-hydrogen) atoms. The smallest absolute Gasteiger partial charge is 0.146 e. The molecule has 0 aliphatic heterocycles. The lowest BCUT2D eigenvalue weighted by Gasteiger charge is -2.15. The Morgan fingerprint density at radius 3 is 2.38 bits per heavy atom. The summed E-state index contributed by atoms with van der Waals surface area (Å²) in [4.78, 5) is 11.3. The Kier molecular flexibility index (Phi) is 5.79.